The highest BCUT2D eigenvalue weighted by Gasteiger charge is 2.36. The van der Waals surface area contributed by atoms with Gasteiger partial charge in [-0.2, -0.15) is 0 Å². The van der Waals surface area contributed by atoms with E-state index in [4.69, 9.17) is 4.74 Å². The lowest BCUT2D eigenvalue weighted by Gasteiger charge is -2.26. The maximum Gasteiger partial charge on any atom is 0.335 e. The Kier molecular flexibility index (Phi) is 5.60. The predicted octanol–water partition coefficient (Wildman–Crippen LogP) is 3.59. The third-order valence-electron chi connectivity index (χ3n) is 4.53. The van der Waals surface area contributed by atoms with Crippen molar-refractivity contribution in [3.8, 4) is 11.6 Å². The summed E-state index contributed by atoms with van der Waals surface area (Å²) in [5.74, 6) is -1.76. The Labute approximate surface area is 185 Å². The van der Waals surface area contributed by atoms with Crippen molar-refractivity contribution in [2.24, 2.45) is 0 Å². The highest BCUT2D eigenvalue weighted by Crippen LogP contribution is 2.24. The first-order chi connectivity index (χ1) is 15.8. The maximum absolute atomic E-state index is 13.2. The number of barbiturate groups is 1. The molecule has 4 rings (SSSR count). The van der Waals surface area contributed by atoms with Gasteiger partial charge in [0.15, 0.2) is 0 Å². The molecule has 2 heterocycles. The first kappa shape index (κ1) is 21.3. The molecule has 1 N–H and O–H groups in total. The Bertz CT molecular complexity index is 1290. The lowest BCUT2D eigenvalue weighted by molar-refractivity contribution is -0.385. The average molecular weight is 448 g/mol. The number of nitrogens with zero attached hydrogens (tertiary/aromatic N) is 3. The van der Waals surface area contributed by atoms with Crippen LogP contribution < -0.4 is 15.0 Å². The second-order valence-electron chi connectivity index (χ2n) is 6.72. The number of carbonyl (C=O) groups excluding carboxylic acids is 3. The number of anilines is 1. The molecular weight excluding hydrogens is 435 g/mol. The van der Waals surface area contributed by atoms with Crippen molar-refractivity contribution in [1.29, 1.82) is 0 Å². The summed E-state index contributed by atoms with van der Waals surface area (Å²) in [5, 5.41) is 12.8. The lowest BCUT2D eigenvalue weighted by atomic mass is 10.1. The minimum Gasteiger partial charge on any atom is -0.439 e. The molecule has 1 saturated heterocycles. The summed E-state index contributed by atoms with van der Waals surface area (Å²) in [4.78, 5) is 51.9. The van der Waals surface area contributed by atoms with Gasteiger partial charge in [-0.1, -0.05) is 12.1 Å². The minimum absolute atomic E-state index is 0.108. The summed E-state index contributed by atoms with van der Waals surface area (Å²) >= 11 is 0. The van der Waals surface area contributed by atoms with E-state index in [-0.39, 0.29) is 22.8 Å². The van der Waals surface area contributed by atoms with Crippen molar-refractivity contribution in [3.05, 3.63) is 93.9 Å². The molecule has 11 heteroatoms. The van der Waals surface area contributed by atoms with Crippen LogP contribution >= 0.6 is 0 Å². The molecule has 0 aliphatic carbocycles. The third kappa shape index (κ3) is 4.56. The molecule has 0 spiro atoms. The van der Waals surface area contributed by atoms with Crippen LogP contribution in [0.25, 0.3) is 6.08 Å². The highest BCUT2D eigenvalue weighted by atomic mass is 19.1. The molecule has 0 radical (unpaired) electrons. The van der Waals surface area contributed by atoms with Gasteiger partial charge in [-0.15, -0.1) is 0 Å². The van der Waals surface area contributed by atoms with Gasteiger partial charge >= 0.3 is 6.03 Å². The van der Waals surface area contributed by atoms with Crippen LogP contribution in [0.4, 0.5) is 20.6 Å². The topological polar surface area (TPSA) is 132 Å². The monoisotopic (exact) mass is 448 g/mol. The van der Waals surface area contributed by atoms with Gasteiger partial charge in [-0.05, 0) is 48.0 Å². The zero-order chi connectivity index (χ0) is 23.5. The second-order valence-corrected chi connectivity index (χ2v) is 6.72. The van der Waals surface area contributed by atoms with Gasteiger partial charge in [0.2, 0.25) is 5.88 Å². The summed E-state index contributed by atoms with van der Waals surface area (Å²) < 4.78 is 18.7. The summed E-state index contributed by atoms with van der Waals surface area (Å²) in [6, 6.07) is 12.6. The number of ether oxygens (including phenoxy) is 1. The van der Waals surface area contributed by atoms with E-state index in [9.17, 15) is 28.9 Å². The van der Waals surface area contributed by atoms with E-state index in [0.717, 1.165) is 23.2 Å². The van der Waals surface area contributed by atoms with Gasteiger partial charge in [0.05, 0.1) is 10.6 Å². The van der Waals surface area contributed by atoms with E-state index in [2.05, 4.69) is 10.3 Å². The number of halogens is 1. The number of rotatable bonds is 5. The maximum atomic E-state index is 13.2. The van der Waals surface area contributed by atoms with Gasteiger partial charge in [0.1, 0.15) is 23.3 Å². The zero-order valence-corrected chi connectivity index (χ0v) is 16.6. The first-order valence-corrected chi connectivity index (χ1v) is 9.37. The molecule has 1 aliphatic rings. The fourth-order valence-corrected chi connectivity index (χ4v) is 2.94. The second kappa shape index (κ2) is 8.67. The average Bonchev–Trinajstić information content (AvgIpc) is 2.79. The molecule has 0 saturated carbocycles. The van der Waals surface area contributed by atoms with E-state index in [1.807, 2.05) is 0 Å². The number of benzene rings is 2. The zero-order valence-electron chi connectivity index (χ0n) is 16.6. The quantitative estimate of drug-likeness (QED) is 0.273. The summed E-state index contributed by atoms with van der Waals surface area (Å²) in [6.45, 7) is 0. The van der Waals surface area contributed by atoms with Crippen molar-refractivity contribution < 1.29 is 28.4 Å². The van der Waals surface area contributed by atoms with Crippen molar-refractivity contribution in [1.82, 2.24) is 10.3 Å². The number of hydrogen-bond donors (Lipinski definition) is 1. The normalized spacial score (nSPS) is 14.9. The molecule has 4 amide bonds. The summed E-state index contributed by atoms with van der Waals surface area (Å²) in [7, 11) is 0. The van der Waals surface area contributed by atoms with Gasteiger partial charge < -0.3 is 4.74 Å². The number of urea groups is 1. The standard InChI is InChI=1S/C22H13FN4O6/c23-14-3-5-15(6-4-14)26-21(29)18(20(28)25-22(26)30)11-13-1-8-17(9-2-13)33-19-10-7-16(12-24-19)27(31)32/h1-12H,(H,25,28,30)/b18-11+. The van der Waals surface area contributed by atoms with E-state index >= 15 is 0 Å². The van der Waals surface area contributed by atoms with Crippen LogP contribution in [-0.2, 0) is 9.59 Å². The van der Waals surface area contributed by atoms with Gasteiger partial charge in [-0.3, -0.25) is 25.0 Å². The number of amides is 4. The van der Waals surface area contributed by atoms with E-state index in [1.54, 1.807) is 24.3 Å². The van der Waals surface area contributed by atoms with Crippen LogP contribution in [0.3, 0.4) is 0 Å². The van der Waals surface area contributed by atoms with Crippen molar-refractivity contribution in [3.63, 3.8) is 0 Å². The van der Waals surface area contributed by atoms with E-state index in [0.29, 0.717) is 11.3 Å². The Morgan fingerprint density at radius 2 is 1.70 bits per heavy atom. The number of nitro groups is 1. The van der Waals surface area contributed by atoms with Gasteiger partial charge in [0.25, 0.3) is 17.5 Å². The number of aromatic nitrogens is 1. The van der Waals surface area contributed by atoms with E-state index in [1.165, 1.54) is 30.3 Å². The molecule has 3 aromatic rings. The van der Waals surface area contributed by atoms with Crippen LogP contribution in [0.2, 0.25) is 0 Å². The fraction of sp³-hybridized carbons (Fsp3) is 0. The highest BCUT2D eigenvalue weighted by molar-refractivity contribution is 6.39. The molecule has 2 aromatic carbocycles. The molecule has 0 unspecified atom stereocenters. The Balaban J connectivity index is 1.54. The summed E-state index contributed by atoms with van der Waals surface area (Å²) in [6.07, 6.45) is 2.37. The van der Waals surface area contributed by atoms with Crippen LogP contribution in [0.15, 0.2) is 72.4 Å². The molecule has 0 bridgehead atoms. The van der Waals surface area contributed by atoms with Crippen LogP contribution in [0, 0.1) is 15.9 Å². The molecule has 10 nitrogen and oxygen atoms in total. The number of carbonyl (C=O) groups is 3. The minimum atomic E-state index is -0.937. The number of pyridine rings is 1. The predicted molar refractivity (Wildman–Crippen MR) is 113 cm³/mol. The lowest BCUT2D eigenvalue weighted by Crippen LogP contribution is -2.54. The largest absolute Gasteiger partial charge is 0.439 e. The molecule has 164 valence electrons. The van der Waals surface area contributed by atoms with Crippen LogP contribution in [-0.4, -0.2) is 27.8 Å². The van der Waals surface area contributed by atoms with Gasteiger partial charge in [-0.25, -0.2) is 19.1 Å². The Hall–Kier alpha value is -4.93. The Morgan fingerprint density at radius 3 is 2.30 bits per heavy atom. The molecule has 1 aromatic heterocycles. The van der Waals surface area contributed by atoms with Crippen molar-refractivity contribution >= 4 is 35.3 Å². The Morgan fingerprint density at radius 1 is 1.00 bits per heavy atom. The number of imide groups is 2. The molecule has 1 aliphatic heterocycles. The molecule has 33 heavy (non-hydrogen) atoms. The smallest absolute Gasteiger partial charge is 0.335 e. The number of hydrogen-bond acceptors (Lipinski definition) is 7. The van der Waals surface area contributed by atoms with E-state index < -0.39 is 28.6 Å². The fourth-order valence-electron chi connectivity index (χ4n) is 2.94. The van der Waals surface area contributed by atoms with Crippen LogP contribution in [0.1, 0.15) is 5.56 Å². The third-order valence-corrected chi connectivity index (χ3v) is 4.53. The first-order valence-electron chi connectivity index (χ1n) is 9.37. The van der Waals surface area contributed by atoms with Crippen LogP contribution in [0.5, 0.6) is 11.6 Å². The van der Waals surface area contributed by atoms with Crippen molar-refractivity contribution in [2.45, 2.75) is 0 Å². The molecular formula is C22H13FN4O6. The van der Waals surface area contributed by atoms with Crippen molar-refractivity contribution in [2.75, 3.05) is 4.90 Å². The number of nitrogens with one attached hydrogen (secondary N) is 1. The molecule has 1 fully saturated rings. The van der Waals surface area contributed by atoms with Gasteiger partial charge in [0, 0.05) is 12.1 Å². The summed E-state index contributed by atoms with van der Waals surface area (Å²) in [5.41, 5.74) is 0.111. The molecule has 0 atom stereocenters. The SMILES string of the molecule is O=C1NC(=O)N(c2ccc(F)cc2)C(=O)/C1=C/c1ccc(Oc2ccc([N+](=O)[O-])cn2)cc1.